The van der Waals surface area contributed by atoms with E-state index in [0.29, 0.717) is 6.10 Å². The summed E-state index contributed by atoms with van der Waals surface area (Å²) in [5, 5.41) is 12.6. The predicted molar refractivity (Wildman–Crippen MR) is 80.1 cm³/mol. The normalized spacial score (nSPS) is 34.2. The van der Waals surface area contributed by atoms with Crippen LogP contribution >= 0.6 is 0 Å². The molecular weight excluding hydrogens is 268 g/mol. The van der Waals surface area contributed by atoms with Gasteiger partial charge in [0, 0.05) is 24.6 Å². The van der Waals surface area contributed by atoms with E-state index in [0.717, 1.165) is 32.4 Å². The molecule has 21 heavy (non-hydrogen) atoms. The Hall–Kier alpha value is -0.810. The van der Waals surface area contributed by atoms with E-state index in [-0.39, 0.29) is 30.1 Å². The zero-order valence-corrected chi connectivity index (χ0v) is 13.0. The minimum absolute atomic E-state index is 0.00675. The maximum absolute atomic E-state index is 12.5. The van der Waals surface area contributed by atoms with Gasteiger partial charge in [-0.1, -0.05) is 12.8 Å². The van der Waals surface area contributed by atoms with Crippen LogP contribution in [0.15, 0.2) is 0 Å². The summed E-state index contributed by atoms with van der Waals surface area (Å²) < 4.78 is 5.89. The third-order valence-electron chi connectivity index (χ3n) is 5.83. The predicted octanol–water partition coefficient (Wildman–Crippen LogP) is 1.89. The van der Waals surface area contributed by atoms with Crippen LogP contribution < -0.4 is 5.32 Å². The van der Waals surface area contributed by atoms with Gasteiger partial charge in [-0.05, 0) is 39.0 Å². The first-order valence-corrected chi connectivity index (χ1v) is 8.51. The Morgan fingerprint density at radius 3 is 2.81 bits per heavy atom. The van der Waals surface area contributed by atoms with E-state index in [1.54, 1.807) is 0 Å². The highest BCUT2D eigenvalue weighted by molar-refractivity contribution is 5.75. The summed E-state index contributed by atoms with van der Waals surface area (Å²) in [6.45, 7) is 3.65. The standard InChI is InChI=1S/C16H28N2O3/c1-2-21-14-10-13(16(14)7-3-4-8-16)17-15(20)18-9-5-6-12(18)11-19/h12-14,19H,2-11H2,1H3,(H,17,20)/t12-,13?,14?/m0/s1. The van der Waals surface area contributed by atoms with Crippen LogP contribution in [-0.2, 0) is 4.74 Å². The molecule has 1 spiro atoms. The number of ether oxygens (including phenoxy) is 1. The van der Waals surface area contributed by atoms with E-state index < -0.39 is 0 Å². The first kappa shape index (κ1) is 15.1. The number of aliphatic hydroxyl groups excluding tert-OH is 1. The van der Waals surface area contributed by atoms with Crippen LogP contribution in [0.4, 0.5) is 4.79 Å². The van der Waals surface area contributed by atoms with Crippen LogP contribution in [0.5, 0.6) is 0 Å². The lowest BCUT2D eigenvalue weighted by Crippen LogP contribution is -2.65. The van der Waals surface area contributed by atoms with Crippen molar-refractivity contribution >= 4 is 6.03 Å². The van der Waals surface area contributed by atoms with Gasteiger partial charge in [0.2, 0.25) is 0 Å². The van der Waals surface area contributed by atoms with Gasteiger partial charge in [0.25, 0.3) is 0 Å². The molecular formula is C16H28N2O3. The Kier molecular flexibility index (Phi) is 4.41. The molecule has 5 nitrogen and oxygen atoms in total. The molecule has 3 rings (SSSR count). The number of carbonyl (C=O) groups is 1. The van der Waals surface area contributed by atoms with Gasteiger partial charge in [0.05, 0.1) is 18.8 Å². The molecule has 0 aromatic rings. The summed E-state index contributed by atoms with van der Waals surface area (Å²) in [5.74, 6) is 0. The van der Waals surface area contributed by atoms with Crippen LogP contribution in [-0.4, -0.2) is 54.0 Å². The lowest BCUT2D eigenvalue weighted by atomic mass is 9.60. The molecule has 120 valence electrons. The molecule has 2 N–H and O–H groups in total. The fourth-order valence-electron chi connectivity index (χ4n) is 4.61. The fourth-order valence-corrected chi connectivity index (χ4v) is 4.61. The number of urea groups is 1. The molecule has 3 atom stereocenters. The van der Waals surface area contributed by atoms with Crippen molar-refractivity contribution in [2.24, 2.45) is 5.41 Å². The van der Waals surface area contributed by atoms with Crippen molar-refractivity contribution in [1.29, 1.82) is 0 Å². The van der Waals surface area contributed by atoms with E-state index >= 15 is 0 Å². The second kappa shape index (κ2) is 6.13. The first-order chi connectivity index (χ1) is 10.2. The van der Waals surface area contributed by atoms with E-state index in [2.05, 4.69) is 5.32 Å². The van der Waals surface area contributed by atoms with Crippen molar-refractivity contribution in [3.05, 3.63) is 0 Å². The summed E-state index contributed by atoms with van der Waals surface area (Å²) in [6.07, 6.45) is 8.02. The number of rotatable bonds is 4. The third kappa shape index (κ3) is 2.55. The number of aliphatic hydroxyl groups is 1. The summed E-state index contributed by atoms with van der Waals surface area (Å²) in [5.41, 5.74) is 0.181. The lowest BCUT2D eigenvalue weighted by Gasteiger charge is -2.54. The molecule has 3 aliphatic rings. The van der Waals surface area contributed by atoms with Crippen molar-refractivity contribution in [3.8, 4) is 0 Å². The first-order valence-electron chi connectivity index (χ1n) is 8.51. The molecule has 1 heterocycles. The van der Waals surface area contributed by atoms with Crippen molar-refractivity contribution in [2.45, 2.75) is 70.1 Å². The van der Waals surface area contributed by atoms with Gasteiger partial charge in [-0.2, -0.15) is 0 Å². The van der Waals surface area contributed by atoms with Crippen molar-refractivity contribution in [2.75, 3.05) is 19.8 Å². The van der Waals surface area contributed by atoms with Crippen LogP contribution in [0, 0.1) is 5.41 Å². The Labute approximate surface area is 127 Å². The number of nitrogens with one attached hydrogen (secondary N) is 1. The Morgan fingerprint density at radius 2 is 2.14 bits per heavy atom. The van der Waals surface area contributed by atoms with Crippen molar-refractivity contribution in [1.82, 2.24) is 10.2 Å². The molecule has 0 aromatic carbocycles. The van der Waals surface area contributed by atoms with Gasteiger partial charge in [0.15, 0.2) is 0 Å². The van der Waals surface area contributed by atoms with E-state index in [4.69, 9.17) is 4.74 Å². The fraction of sp³-hybridized carbons (Fsp3) is 0.938. The average molecular weight is 296 g/mol. The van der Waals surface area contributed by atoms with E-state index in [1.165, 1.54) is 25.7 Å². The number of carbonyl (C=O) groups excluding carboxylic acids is 1. The maximum Gasteiger partial charge on any atom is 0.317 e. The highest BCUT2D eigenvalue weighted by Crippen LogP contribution is 2.54. The molecule has 2 amide bonds. The minimum Gasteiger partial charge on any atom is -0.394 e. The number of nitrogens with zero attached hydrogens (tertiary/aromatic N) is 1. The van der Waals surface area contributed by atoms with Gasteiger partial charge in [-0.3, -0.25) is 0 Å². The Morgan fingerprint density at radius 1 is 1.38 bits per heavy atom. The third-order valence-corrected chi connectivity index (χ3v) is 5.83. The molecule has 5 heteroatoms. The van der Waals surface area contributed by atoms with Crippen LogP contribution in [0.25, 0.3) is 0 Å². The van der Waals surface area contributed by atoms with Gasteiger partial charge in [-0.25, -0.2) is 4.79 Å². The van der Waals surface area contributed by atoms with Gasteiger partial charge in [0.1, 0.15) is 0 Å². The Balaban J connectivity index is 1.61. The molecule has 2 aliphatic carbocycles. The topological polar surface area (TPSA) is 61.8 Å². The highest BCUT2D eigenvalue weighted by atomic mass is 16.5. The molecule has 2 saturated carbocycles. The monoisotopic (exact) mass is 296 g/mol. The van der Waals surface area contributed by atoms with Gasteiger partial charge in [-0.15, -0.1) is 0 Å². The second-order valence-electron chi connectivity index (χ2n) is 6.79. The lowest BCUT2D eigenvalue weighted by molar-refractivity contribution is -0.127. The van der Waals surface area contributed by atoms with Crippen LogP contribution in [0.3, 0.4) is 0 Å². The number of likely N-dealkylation sites (tertiary alicyclic amines) is 1. The molecule has 1 saturated heterocycles. The van der Waals surface area contributed by atoms with Crippen molar-refractivity contribution < 1.29 is 14.6 Å². The van der Waals surface area contributed by atoms with E-state index in [9.17, 15) is 9.90 Å². The molecule has 0 radical (unpaired) electrons. The summed E-state index contributed by atoms with van der Waals surface area (Å²) in [6, 6.07) is 0.272. The molecule has 1 aliphatic heterocycles. The largest absolute Gasteiger partial charge is 0.394 e. The zero-order valence-electron chi connectivity index (χ0n) is 13.0. The minimum atomic E-state index is 0.00675. The van der Waals surface area contributed by atoms with Crippen LogP contribution in [0.1, 0.15) is 51.9 Å². The van der Waals surface area contributed by atoms with E-state index in [1.807, 2.05) is 11.8 Å². The smallest absolute Gasteiger partial charge is 0.317 e. The molecule has 2 unspecified atom stereocenters. The maximum atomic E-state index is 12.5. The van der Waals surface area contributed by atoms with Crippen LogP contribution in [0.2, 0.25) is 0 Å². The molecule has 3 fully saturated rings. The molecule has 0 aromatic heterocycles. The number of hydrogen-bond donors (Lipinski definition) is 2. The second-order valence-corrected chi connectivity index (χ2v) is 6.79. The number of hydrogen-bond acceptors (Lipinski definition) is 3. The SMILES string of the molecule is CCOC1CC(NC(=O)N2CCC[C@H]2CO)C12CCCC2. The average Bonchev–Trinajstić information content (AvgIpc) is 3.15. The van der Waals surface area contributed by atoms with Gasteiger partial charge < -0.3 is 20.1 Å². The highest BCUT2D eigenvalue weighted by Gasteiger charge is 2.57. The quantitative estimate of drug-likeness (QED) is 0.833. The number of amides is 2. The summed E-state index contributed by atoms with van der Waals surface area (Å²) in [4.78, 5) is 14.3. The van der Waals surface area contributed by atoms with Gasteiger partial charge >= 0.3 is 6.03 Å². The zero-order chi connectivity index (χ0) is 14.9. The molecule has 0 bridgehead atoms. The van der Waals surface area contributed by atoms with Crippen molar-refractivity contribution in [3.63, 3.8) is 0 Å². The Bertz CT molecular complexity index is 382. The summed E-state index contributed by atoms with van der Waals surface area (Å²) >= 11 is 0. The summed E-state index contributed by atoms with van der Waals surface area (Å²) in [7, 11) is 0.